The summed E-state index contributed by atoms with van der Waals surface area (Å²) in [6, 6.07) is 8.08. The van der Waals surface area contributed by atoms with E-state index in [1.807, 2.05) is 24.0 Å². The zero-order valence-corrected chi connectivity index (χ0v) is 16.9. The van der Waals surface area contributed by atoms with E-state index in [1.165, 1.54) is 17.4 Å². The standard InChI is InChI=1S/C19H26N4O3S/c1-4-22(5-2)16-8-6-15(7-9-16)18-20-21-19(26-18)27-13-17(24)23-10-11-25-14(3)12-23/h6-9,14H,4-5,10-13H2,1-3H3. The number of carbonyl (C=O) groups excluding carboxylic acids is 1. The lowest BCUT2D eigenvalue weighted by atomic mass is 10.2. The molecular weight excluding hydrogens is 364 g/mol. The maximum Gasteiger partial charge on any atom is 0.277 e. The first-order valence-electron chi connectivity index (χ1n) is 9.31. The number of rotatable bonds is 7. The number of anilines is 1. The molecule has 1 unspecified atom stereocenters. The van der Waals surface area contributed by atoms with Gasteiger partial charge in [0.05, 0.1) is 18.5 Å². The van der Waals surface area contributed by atoms with Crippen LogP contribution in [0.2, 0.25) is 0 Å². The van der Waals surface area contributed by atoms with Crippen LogP contribution in [0.15, 0.2) is 33.9 Å². The molecule has 2 heterocycles. The Bertz CT molecular complexity index is 746. The van der Waals surface area contributed by atoms with Crippen LogP contribution in [0.5, 0.6) is 0 Å². The van der Waals surface area contributed by atoms with Crippen LogP contribution in [-0.4, -0.2) is 65.6 Å². The van der Waals surface area contributed by atoms with Crippen LogP contribution in [0.4, 0.5) is 5.69 Å². The van der Waals surface area contributed by atoms with Crippen molar-refractivity contribution in [2.24, 2.45) is 0 Å². The Morgan fingerprint density at radius 3 is 2.67 bits per heavy atom. The Morgan fingerprint density at radius 1 is 1.26 bits per heavy atom. The summed E-state index contributed by atoms with van der Waals surface area (Å²) in [6.07, 6.45) is 0.0852. The van der Waals surface area contributed by atoms with Gasteiger partial charge in [-0.05, 0) is 45.0 Å². The molecule has 0 aliphatic carbocycles. The molecule has 0 radical (unpaired) electrons. The number of nitrogens with zero attached hydrogens (tertiary/aromatic N) is 4. The maximum atomic E-state index is 12.3. The third-order valence-corrected chi connectivity index (χ3v) is 5.37. The summed E-state index contributed by atoms with van der Waals surface area (Å²) < 4.78 is 11.2. The second-order valence-electron chi connectivity index (χ2n) is 6.40. The molecule has 1 aliphatic heterocycles. The smallest absolute Gasteiger partial charge is 0.277 e. The van der Waals surface area contributed by atoms with Gasteiger partial charge in [-0.2, -0.15) is 0 Å². The van der Waals surface area contributed by atoms with Crippen molar-refractivity contribution in [1.29, 1.82) is 0 Å². The minimum Gasteiger partial charge on any atom is -0.411 e. The van der Waals surface area contributed by atoms with Crippen LogP contribution < -0.4 is 4.90 Å². The number of carbonyl (C=O) groups is 1. The van der Waals surface area contributed by atoms with Gasteiger partial charge in [-0.15, -0.1) is 10.2 Å². The van der Waals surface area contributed by atoms with E-state index in [9.17, 15) is 4.79 Å². The largest absolute Gasteiger partial charge is 0.411 e. The molecule has 0 bridgehead atoms. The highest BCUT2D eigenvalue weighted by Crippen LogP contribution is 2.25. The molecule has 7 nitrogen and oxygen atoms in total. The van der Waals surface area contributed by atoms with Gasteiger partial charge in [0.15, 0.2) is 0 Å². The first kappa shape index (κ1) is 19.7. The van der Waals surface area contributed by atoms with Gasteiger partial charge < -0.3 is 19.0 Å². The van der Waals surface area contributed by atoms with Gasteiger partial charge in [-0.1, -0.05) is 11.8 Å². The van der Waals surface area contributed by atoms with E-state index >= 15 is 0 Å². The van der Waals surface area contributed by atoms with Crippen LogP contribution in [0.25, 0.3) is 11.5 Å². The molecule has 3 rings (SSSR count). The summed E-state index contributed by atoms with van der Waals surface area (Å²) in [6.45, 7) is 10.0. The molecule has 146 valence electrons. The van der Waals surface area contributed by atoms with E-state index in [0.29, 0.717) is 30.8 Å². The number of amides is 1. The molecule has 0 N–H and O–H groups in total. The Morgan fingerprint density at radius 2 is 2.00 bits per heavy atom. The monoisotopic (exact) mass is 390 g/mol. The highest BCUT2D eigenvalue weighted by molar-refractivity contribution is 7.99. The van der Waals surface area contributed by atoms with Crippen molar-refractivity contribution in [3.63, 3.8) is 0 Å². The molecule has 1 amide bonds. The Hall–Kier alpha value is -2.06. The number of hydrogen-bond donors (Lipinski definition) is 0. The zero-order chi connectivity index (χ0) is 19.2. The van der Waals surface area contributed by atoms with E-state index in [1.54, 1.807) is 0 Å². The molecule has 0 saturated carbocycles. The summed E-state index contributed by atoms with van der Waals surface area (Å²) >= 11 is 1.27. The van der Waals surface area contributed by atoms with Crippen LogP contribution >= 0.6 is 11.8 Å². The van der Waals surface area contributed by atoms with Crippen molar-refractivity contribution in [3.05, 3.63) is 24.3 Å². The predicted molar refractivity (Wildman–Crippen MR) is 106 cm³/mol. The van der Waals surface area contributed by atoms with Crippen molar-refractivity contribution in [3.8, 4) is 11.5 Å². The lowest BCUT2D eigenvalue weighted by Gasteiger charge is -2.30. The van der Waals surface area contributed by atoms with Gasteiger partial charge in [-0.25, -0.2) is 0 Å². The number of ether oxygens (including phenoxy) is 1. The van der Waals surface area contributed by atoms with Crippen molar-refractivity contribution in [1.82, 2.24) is 15.1 Å². The van der Waals surface area contributed by atoms with Gasteiger partial charge in [-0.3, -0.25) is 4.79 Å². The molecule has 8 heteroatoms. The number of thioether (sulfide) groups is 1. The summed E-state index contributed by atoms with van der Waals surface area (Å²) in [5.41, 5.74) is 2.04. The summed E-state index contributed by atoms with van der Waals surface area (Å²) in [7, 11) is 0. The maximum absolute atomic E-state index is 12.3. The van der Waals surface area contributed by atoms with Gasteiger partial charge in [0.2, 0.25) is 11.8 Å². The average molecular weight is 391 g/mol. The van der Waals surface area contributed by atoms with Crippen molar-refractivity contribution in [2.75, 3.05) is 43.4 Å². The minimum absolute atomic E-state index is 0.0680. The highest BCUT2D eigenvalue weighted by Gasteiger charge is 2.22. The normalized spacial score (nSPS) is 17.1. The first-order valence-corrected chi connectivity index (χ1v) is 10.3. The van der Waals surface area contributed by atoms with E-state index < -0.39 is 0 Å². The average Bonchev–Trinajstić information content (AvgIpc) is 3.17. The molecule has 0 spiro atoms. The lowest BCUT2D eigenvalue weighted by Crippen LogP contribution is -2.45. The Balaban J connectivity index is 1.57. The molecule has 1 aliphatic rings. The Kier molecular flexibility index (Phi) is 6.73. The highest BCUT2D eigenvalue weighted by atomic mass is 32.2. The van der Waals surface area contributed by atoms with Gasteiger partial charge in [0.1, 0.15) is 0 Å². The quantitative estimate of drug-likeness (QED) is 0.673. The topological polar surface area (TPSA) is 71.7 Å². The Labute approximate surface area is 164 Å². The predicted octanol–water partition coefficient (Wildman–Crippen LogP) is 2.92. The second-order valence-corrected chi connectivity index (χ2v) is 7.33. The molecular formula is C19H26N4O3S. The summed E-state index contributed by atoms with van der Waals surface area (Å²) in [4.78, 5) is 16.4. The van der Waals surface area contributed by atoms with Crippen LogP contribution in [0.3, 0.4) is 0 Å². The fraction of sp³-hybridized carbons (Fsp3) is 0.526. The van der Waals surface area contributed by atoms with Gasteiger partial charge >= 0.3 is 0 Å². The summed E-state index contributed by atoms with van der Waals surface area (Å²) in [5.74, 6) is 0.824. The fourth-order valence-corrected chi connectivity index (χ4v) is 3.71. The number of aromatic nitrogens is 2. The molecule has 1 aromatic carbocycles. The van der Waals surface area contributed by atoms with E-state index in [0.717, 1.165) is 18.7 Å². The number of morpholine rings is 1. The first-order chi connectivity index (χ1) is 13.1. The third kappa shape index (κ3) is 5.01. The van der Waals surface area contributed by atoms with Gasteiger partial charge in [0.25, 0.3) is 5.22 Å². The third-order valence-electron chi connectivity index (χ3n) is 4.56. The zero-order valence-electron chi connectivity index (χ0n) is 16.1. The van der Waals surface area contributed by atoms with Crippen LogP contribution in [-0.2, 0) is 9.53 Å². The lowest BCUT2D eigenvalue weighted by molar-refractivity contribution is -0.135. The molecule has 2 aromatic rings. The van der Waals surface area contributed by atoms with E-state index in [-0.39, 0.29) is 17.8 Å². The minimum atomic E-state index is 0.0680. The second kappa shape index (κ2) is 9.23. The summed E-state index contributed by atoms with van der Waals surface area (Å²) in [5, 5.41) is 8.57. The van der Waals surface area contributed by atoms with E-state index in [4.69, 9.17) is 9.15 Å². The van der Waals surface area contributed by atoms with E-state index in [2.05, 4.69) is 41.1 Å². The molecule has 1 atom stereocenters. The number of hydrogen-bond acceptors (Lipinski definition) is 7. The van der Waals surface area contributed by atoms with Crippen molar-refractivity contribution < 1.29 is 13.9 Å². The van der Waals surface area contributed by atoms with Crippen molar-refractivity contribution in [2.45, 2.75) is 32.1 Å². The molecule has 1 fully saturated rings. The number of benzene rings is 1. The molecule has 27 heavy (non-hydrogen) atoms. The van der Waals surface area contributed by atoms with Crippen LogP contribution in [0, 0.1) is 0 Å². The molecule has 1 aromatic heterocycles. The van der Waals surface area contributed by atoms with Crippen LogP contribution in [0.1, 0.15) is 20.8 Å². The van der Waals surface area contributed by atoms with Crippen molar-refractivity contribution >= 4 is 23.4 Å². The SMILES string of the molecule is CCN(CC)c1ccc(-c2nnc(SCC(=O)N3CCOC(C)C3)o2)cc1. The van der Waals surface area contributed by atoms with Gasteiger partial charge in [0, 0.05) is 37.4 Å². The molecule has 1 saturated heterocycles. The fourth-order valence-electron chi connectivity index (χ4n) is 3.05.